The molecule has 0 aliphatic heterocycles. The molecule has 0 aliphatic rings. The van der Waals surface area contributed by atoms with Gasteiger partial charge in [0, 0.05) is 32.9 Å². The predicted molar refractivity (Wildman–Crippen MR) is 264 cm³/mol. The van der Waals surface area contributed by atoms with Crippen molar-refractivity contribution in [1.82, 2.24) is 9.13 Å². The van der Waals surface area contributed by atoms with E-state index in [0.717, 1.165) is 11.4 Å². The summed E-state index contributed by atoms with van der Waals surface area (Å²) in [5.74, 6) is 0. The first-order valence-electron chi connectivity index (χ1n) is 21.4. The summed E-state index contributed by atoms with van der Waals surface area (Å²) in [5.41, 5.74) is 14.4. The summed E-state index contributed by atoms with van der Waals surface area (Å²) >= 11 is 0. The van der Waals surface area contributed by atoms with Crippen LogP contribution in [0.25, 0.3) is 121 Å². The molecule has 0 fully saturated rings. The van der Waals surface area contributed by atoms with E-state index in [2.05, 4.69) is 240 Å². The van der Waals surface area contributed by atoms with Crippen molar-refractivity contribution in [1.29, 1.82) is 0 Å². The predicted octanol–water partition coefficient (Wildman–Crippen LogP) is 16.3. The van der Waals surface area contributed by atoms with Crippen molar-refractivity contribution in [3.63, 3.8) is 0 Å². The first-order valence-corrected chi connectivity index (χ1v) is 21.4. The minimum atomic E-state index is 1.14. The molecule has 2 heterocycles. The lowest BCUT2D eigenvalue weighted by molar-refractivity contribution is 1.18. The minimum Gasteiger partial charge on any atom is -0.309 e. The Morgan fingerprint density at radius 1 is 0.210 bits per heavy atom. The summed E-state index contributed by atoms with van der Waals surface area (Å²) in [6, 6.07) is 85.0. The molecule has 2 aromatic heterocycles. The summed E-state index contributed by atoms with van der Waals surface area (Å²) < 4.78 is 4.88. The normalized spacial score (nSPS) is 11.9. The summed E-state index contributed by atoms with van der Waals surface area (Å²) in [7, 11) is 0. The van der Waals surface area contributed by atoms with Crippen LogP contribution in [0.3, 0.4) is 0 Å². The molecular formula is C60H38N2. The van der Waals surface area contributed by atoms with E-state index in [0.29, 0.717) is 0 Å². The Kier molecular flexibility index (Phi) is 7.64. The van der Waals surface area contributed by atoms with Crippen LogP contribution in [0.4, 0.5) is 0 Å². The van der Waals surface area contributed by atoms with E-state index in [1.165, 1.54) is 109 Å². The van der Waals surface area contributed by atoms with Crippen molar-refractivity contribution >= 4 is 75.9 Å². The zero-order valence-electron chi connectivity index (χ0n) is 33.8. The van der Waals surface area contributed by atoms with Gasteiger partial charge in [-0.1, -0.05) is 176 Å². The van der Waals surface area contributed by atoms with Crippen LogP contribution < -0.4 is 0 Å². The molecule has 0 N–H and O–H groups in total. The van der Waals surface area contributed by atoms with Crippen molar-refractivity contribution < 1.29 is 0 Å². The Balaban J connectivity index is 1.12. The molecule has 0 atom stereocenters. The van der Waals surface area contributed by atoms with E-state index in [1.54, 1.807) is 0 Å². The van der Waals surface area contributed by atoms with Crippen LogP contribution in [0, 0.1) is 0 Å². The minimum absolute atomic E-state index is 1.14. The molecule has 0 radical (unpaired) electrons. The van der Waals surface area contributed by atoms with Gasteiger partial charge < -0.3 is 9.13 Å². The summed E-state index contributed by atoms with van der Waals surface area (Å²) in [4.78, 5) is 0. The maximum Gasteiger partial charge on any atom is 0.0541 e. The Morgan fingerprint density at radius 2 is 0.597 bits per heavy atom. The molecule has 0 unspecified atom stereocenters. The summed E-state index contributed by atoms with van der Waals surface area (Å²) in [5, 5.41) is 12.4. The van der Waals surface area contributed by atoms with Crippen LogP contribution in [0.15, 0.2) is 231 Å². The van der Waals surface area contributed by atoms with Crippen LogP contribution in [-0.2, 0) is 0 Å². The van der Waals surface area contributed by atoms with E-state index in [4.69, 9.17) is 0 Å². The van der Waals surface area contributed by atoms with Gasteiger partial charge in [0.1, 0.15) is 0 Å². The first kappa shape index (κ1) is 34.6. The first-order chi connectivity index (χ1) is 30.8. The summed E-state index contributed by atoms with van der Waals surface area (Å²) in [6.45, 7) is 0. The van der Waals surface area contributed by atoms with Gasteiger partial charge in [0.2, 0.25) is 0 Å². The van der Waals surface area contributed by atoms with Crippen LogP contribution in [0.1, 0.15) is 0 Å². The highest BCUT2D eigenvalue weighted by Crippen LogP contribution is 2.46. The maximum absolute atomic E-state index is 2.44. The van der Waals surface area contributed by atoms with Crippen LogP contribution in [0.5, 0.6) is 0 Å². The van der Waals surface area contributed by atoms with Gasteiger partial charge in [0.15, 0.2) is 0 Å². The Morgan fingerprint density at radius 3 is 1.10 bits per heavy atom. The van der Waals surface area contributed by atoms with Crippen molar-refractivity contribution in [2.24, 2.45) is 0 Å². The maximum atomic E-state index is 2.44. The zero-order valence-corrected chi connectivity index (χ0v) is 33.8. The second kappa shape index (κ2) is 13.7. The second-order valence-electron chi connectivity index (χ2n) is 16.5. The molecule has 2 heteroatoms. The molecule has 0 bridgehead atoms. The smallest absolute Gasteiger partial charge is 0.0541 e. The van der Waals surface area contributed by atoms with E-state index in [9.17, 15) is 0 Å². The number of hydrogen-bond acceptors (Lipinski definition) is 0. The van der Waals surface area contributed by atoms with Gasteiger partial charge in [0.25, 0.3) is 0 Å². The molecule has 62 heavy (non-hydrogen) atoms. The molecule has 0 saturated carbocycles. The largest absolute Gasteiger partial charge is 0.309 e. The molecule has 11 aromatic carbocycles. The average molecular weight is 787 g/mol. The molecule has 0 spiro atoms. The Labute approximate surface area is 358 Å². The van der Waals surface area contributed by atoms with E-state index in [1.807, 2.05) is 0 Å². The van der Waals surface area contributed by atoms with Crippen LogP contribution >= 0.6 is 0 Å². The van der Waals surface area contributed by atoms with Crippen LogP contribution in [0.2, 0.25) is 0 Å². The third-order valence-corrected chi connectivity index (χ3v) is 13.1. The van der Waals surface area contributed by atoms with Gasteiger partial charge in [0.05, 0.1) is 22.1 Å². The van der Waals surface area contributed by atoms with Gasteiger partial charge in [-0.25, -0.2) is 0 Å². The number of para-hydroxylation sites is 4. The fourth-order valence-electron chi connectivity index (χ4n) is 10.3. The molecule has 0 aliphatic carbocycles. The van der Waals surface area contributed by atoms with E-state index < -0.39 is 0 Å². The van der Waals surface area contributed by atoms with Gasteiger partial charge in [-0.05, 0) is 120 Å². The van der Waals surface area contributed by atoms with E-state index in [-0.39, 0.29) is 0 Å². The van der Waals surface area contributed by atoms with Gasteiger partial charge in [-0.3, -0.25) is 0 Å². The van der Waals surface area contributed by atoms with Crippen molar-refractivity contribution in [3.05, 3.63) is 231 Å². The number of nitrogens with zero attached hydrogens (tertiary/aromatic N) is 2. The standard InChI is InChI=1S/C60H38N2/c1-2-15-41(16-3-1)59-51-34-32-46(62-57-24-12-8-20-49(57)50-21-9-13-25-58(50)62)38-54(51)60(42-29-26-40(27-30-42)44-31-28-39-14-4-5-17-43(39)36-44)52-35-33-45(37-53(52)59)61-55-22-10-6-18-47(55)48-19-7-11-23-56(48)61/h1-38H. The highest BCUT2D eigenvalue weighted by Gasteiger charge is 2.21. The van der Waals surface area contributed by atoms with Gasteiger partial charge in [-0.2, -0.15) is 0 Å². The Hall–Kier alpha value is -8.20. The molecule has 288 valence electrons. The Bertz CT molecular complexity index is 3800. The SMILES string of the molecule is c1ccc(-c2c3ccc(-n4c5ccccc5c5ccccc54)cc3c(-c3ccc(-c4ccc5ccccc5c4)cc3)c3ccc(-n4c5ccccc5c5ccccc54)cc23)cc1. The van der Waals surface area contributed by atoms with Crippen molar-refractivity contribution in [2.45, 2.75) is 0 Å². The molecule has 0 saturated heterocycles. The molecular weight excluding hydrogens is 749 g/mol. The van der Waals surface area contributed by atoms with Crippen molar-refractivity contribution in [2.75, 3.05) is 0 Å². The quantitative estimate of drug-likeness (QED) is 0.154. The second-order valence-corrected chi connectivity index (χ2v) is 16.5. The fraction of sp³-hybridized carbons (Fsp3) is 0. The van der Waals surface area contributed by atoms with Gasteiger partial charge in [-0.15, -0.1) is 0 Å². The molecule has 13 aromatic rings. The number of rotatable bonds is 5. The molecule has 13 rings (SSSR count). The van der Waals surface area contributed by atoms with E-state index >= 15 is 0 Å². The molecule has 0 amide bonds. The lowest BCUT2D eigenvalue weighted by Gasteiger charge is -2.20. The third kappa shape index (κ3) is 5.23. The third-order valence-electron chi connectivity index (χ3n) is 13.1. The number of hydrogen-bond donors (Lipinski definition) is 0. The number of aromatic nitrogens is 2. The van der Waals surface area contributed by atoms with Crippen LogP contribution in [-0.4, -0.2) is 9.13 Å². The zero-order chi connectivity index (χ0) is 40.7. The van der Waals surface area contributed by atoms with Gasteiger partial charge >= 0.3 is 0 Å². The van der Waals surface area contributed by atoms with Crippen molar-refractivity contribution in [3.8, 4) is 44.8 Å². The number of fused-ring (bicyclic) bond motifs is 9. The lowest BCUT2D eigenvalue weighted by Crippen LogP contribution is -1.98. The lowest BCUT2D eigenvalue weighted by atomic mass is 9.85. The highest BCUT2D eigenvalue weighted by molar-refractivity contribution is 6.22. The average Bonchev–Trinajstić information content (AvgIpc) is 3.86. The monoisotopic (exact) mass is 786 g/mol. The molecule has 2 nitrogen and oxygen atoms in total. The highest BCUT2D eigenvalue weighted by atomic mass is 15.0. The fourth-order valence-corrected chi connectivity index (χ4v) is 10.3. The summed E-state index contributed by atoms with van der Waals surface area (Å²) in [6.07, 6.45) is 0. The topological polar surface area (TPSA) is 9.86 Å². The number of benzene rings is 11.